The average Bonchev–Trinajstić information content (AvgIpc) is 2.28. The van der Waals surface area contributed by atoms with Crippen LogP contribution in [0.1, 0.15) is 18.4 Å². The first-order valence-electron chi connectivity index (χ1n) is 5.01. The first-order valence-corrected chi connectivity index (χ1v) is 5.80. The summed E-state index contributed by atoms with van der Waals surface area (Å²) >= 11 is 3.53. The first kappa shape index (κ1) is 10.7. The van der Waals surface area contributed by atoms with E-state index < -0.39 is 0 Å². The summed E-state index contributed by atoms with van der Waals surface area (Å²) < 4.78 is 1.11. The van der Waals surface area contributed by atoms with Crippen LogP contribution in [0.5, 0.6) is 0 Å². The molecule has 0 saturated carbocycles. The molecule has 2 aromatic rings. The maximum Gasteiger partial charge on any atom is 0.0497 e. The fraction of sp³-hybridized carbons (Fsp3) is 0.231. The molecule has 1 unspecified atom stereocenters. The lowest BCUT2D eigenvalue weighted by Crippen LogP contribution is -1.98. The largest absolute Gasteiger partial charge is 0.396 e. The quantitative estimate of drug-likeness (QED) is 0.877. The van der Waals surface area contributed by atoms with Gasteiger partial charge in [-0.05, 0) is 22.4 Å². The molecule has 0 radical (unpaired) electrons. The number of benzene rings is 2. The van der Waals surface area contributed by atoms with Gasteiger partial charge in [0.05, 0.1) is 0 Å². The summed E-state index contributed by atoms with van der Waals surface area (Å²) in [6.07, 6.45) is 0. The Morgan fingerprint density at radius 3 is 2.80 bits per heavy atom. The van der Waals surface area contributed by atoms with Crippen LogP contribution >= 0.6 is 15.9 Å². The third kappa shape index (κ3) is 2.06. The molecule has 0 aliphatic heterocycles. The summed E-state index contributed by atoms with van der Waals surface area (Å²) in [4.78, 5) is 0. The fourth-order valence-corrected chi connectivity index (χ4v) is 2.19. The van der Waals surface area contributed by atoms with Crippen molar-refractivity contribution in [3.8, 4) is 0 Å². The van der Waals surface area contributed by atoms with Gasteiger partial charge in [-0.25, -0.2) is 0 Å². The number of fused-ring (bicyclic) bond motifs is 1. The predicted octanol–water partition coefficient (Wildman–Crippen LogP) is 3.70. The molecular weight excluding hydrogens is 252 g/mol. The molecule has 0 spiro atoms. The van der Waals surface area contributed by atoms with Gasteiger partial charge in [-0.3, -0.25) is 0 Å². The van der Waals surface area contributed by atoms with Gasteiger partial charge in [0.25, 0.3) is 0 Å². The number of rotatable bonds is 2. The molecule has 0 fully saturated rings. The number of hydrogen-bond acceptors (Lipinski definition) is 1. The average molecular weight is 265 g/mol. The molecule has 2 rings (SSSR count). The Hall–Kier alpha value is -0.860. The molecule has 0 aliphatic rings. The second-order valence-electron chi connectivity index (χ2n) is 3.80. The van der Waals surface area contributed by atoms with Gasteiger partial charge in [0.1, 0.15) is 0 Å². The molecule has 15 heavy (non-hydrogen) atoms. The lowest BCUT2D eigenvalue weighted by molar-refractivity contribution is 0.273. The zero-order valence-electron chi connectivity index (χ0n) is 8.57. The van der Waals surface area contributed by atoms with Gasteiger partial charge in [-0.2, -0.15) is 0 Å². The van der Waals surface area contributed by atoms with Crippen molar-refractivity contribution >= 4 is 26.7 Å². The molecule has 78 valence electrons. The summed E-state index contributed by atoms with van der Waals surface area (Å²) in [5, 5.41) is 11.5. The van der Waals surface area contributed by atoms with Gasteiger partial charge < -0.3 is 5.11 Å². The van der Waals surface area contributed by atoms with Gasteiger partial charge >= 0.3 is 0 Å². The van der Waals surface area contributed by atoms with Crippen molar-refractivity contribution in [2.24, 2.45) is 0 Å². The molecule has 2 aromatic carbocycles. The molecule has 0 aliphatic carbocycles. The van der Waals surface area contributed by atoms with Crippen LogP contribution in [0.3, 0.4) is 0 Å². The third-order valence-electron chi connectivity index (χ3n) is 2.69. The molecule has 0 aromatic heterocycles. The maximum atomic E-state index is 9.11. The predicted molar refractivity (Wildman–Crippen MR) is 67.1 cm³/mol. The van der Waals surface area contributed by atoms with E-state index in [0.717, 1.165) is 4.47 Å². The molecule has 0 saturated heterocycles. The second kappa shape index (κ2) is 4.33. The minimum Gasteiger partial charge on any atom is -0.396 e. The van der Waals surface area contributed by atoms with Crippen LogP contribution in [-0.2, 0) is 0 Å². The van der Waals surface area contributed by atoms with Crippen molar-refractivity contribution in [2.75, 3.05) is 6.61 Å². The van der Waals surface area contributed by atoms with Crippen molar-refractivity contribution in [3.05, 3.63) is 46.4 Å². The standard InChI is InChI=1S/C13H13BrO/c1-9(8-15)10-5-6-12-11(7-10)3-2-4-13(12)14/h2-7,9,15H,8H2,1H3. The van der Waals surface area contributed by atoms with E-state index in [9.17, 15) is 0 Å². The Morgan fingerprint density at radius 1 is 1.27 bits per heavy atom. The van der Waals surface area contributed by atoms with Crippen molar-refractivity contribution in [3.63, 3.8) is 0 Å². The summed E-state index contributed by atoms with van der Waals surface area (Å²) in [5.74, 6) is 0.202. The third-order valence-corrected chi connectivity index (χ3v) is 3.39. The number of halogens is 1. The topological polar surface area (TPSA) is 20.2 Å². The second-order valence-corrected chi connectivity index (χ2v) is 4.66. The monoisotopic (exact) mass is 264 g/mol. The van der Waals surface area contributed by atoms with Crippen LogP contribution in [0.25, 0.3) is 10.8 Å². The van der Waals surface area contributed by atoms with E-state index in [-0.39, 0.29) is 12.5 Å². The van der Waals surface area contributed by atoms with Crippen LogP contribution in [0.4, 0.5) is 0 Å². The highest BCUT2D eigenvalue weighted by Crippen LogP contribution is 2.26. The first-order chi connectivity index (χ1) is 7.22. The lowest BCUT2D eigenvalue weighted by Gasteiger charge is -2.09. The minimum atomic E-state index is 0.194. The Morgan fingerprint density at radius 2 is 2.07 bits per heavy atom. The Balaban J connectivity index is 2.57. The molecule has 0 bridgehead atoms. The summed E-state index contributed by atoms with van der Waals surface area (Å²) in [6, 6.07) is 12.5. The normalized spacial score (nSPS) is 13.0. The molecular formula is C13H13BrO. The lowest BCUT2D eigenvalue weighted by atomic mass is 9.98. The van der Waals surface area contributed by atoms with E-state index in [1.807, 2.05) is 19.1 Å². The van der Waals surface area contributed by atoms with Crippen LogP contribution < -0.4 is 0 Å². The van der Waals surface area contributed by atoms with Gasteiger partial charge in [-0.1, -0.05) is 53.2 Å². The van der Waals surface area contributed by atoms with Crippen LogP contribution in [0.2, 0.25) is 0 Å². The zero-order valence-corrected chi connectivity index (χ0v) is 10.2. The van der Waals surface area contributed by atoms with E-state index in [1.54, 1.807) is 0 Å². The van der Waals surface area contributed by atoms with Gasteiger partial charge in [0, 0.05) is 17.0 Å². The van der Waals surface area contributed by atoms with E-state index in [4.69, 9.17) is 5.11 Å². The summed E-state index contributed by atoms with van der Waals surface area (Å²) in [7, 11) is 0. The SMILES string of the molecule is CC(CO)c1ccc2c(Br)cccc2c1. The Kier molecular flexibility index (Phi) is 3.08. The van der Waals surface area contributed by atoms with Crippen molar-refractivity contribution in [1.82, 2.24) is 0 Å². The maximum absolute atomic E-state index is 9.11. The van der Waals surface area contributed by atoms with Gasteiger partial charge in [-0.15, -0.1) is 0 Å². The molecule has 1 atom stereocenters. The summed E-state index contributed by atoms with van der Waals surface area (Å²) in [5.41, 5.74) is 1.18. The van der Waals surface area contributed by atoms with Crippen LogP contribution in [-0.4, -0.2) is 11.7 Å². The van der Waals surface area contributed by atoms with Gasteiger partial charge in [0.15, 0.2) is 0 Å². The van der Waals surface area contributed by atoms with Gasteiger partial charge in [0.2, 0.25) is 0 Å². The van der Waals surface area contributed by atoms with Crippen LogP contribution in [0, 0.1) is 0 Å². The molecule has 1 N–H and O–H groups in total. The number of hydrogen-bond donors (Lipinski definition) is 1. The van der Waals surface area contributed by atoms with Crippen molar-refractivity contribution in [2.45, 2.75) is 12.8 Å². The smallest absolute Gasteiger partial charge is 0.0497 e. The minimum absolute atomic E-state index is 0.194. The summed E-state index contributed by atoms with van der Waals surface area (Å²) in [6.45, 7) is 2.22. The molecule has 2 heteroatoms. The number of aliphatic hydroxyl groups excluding tert-OH is 1. The number of aliphatic hydroxyl groups is 1. The van der Waals surface area contributed by atoms with Crippen molar-refractivity contribution in [1.29, 1.82) is 0 Å². The highest BCUT2D eigenvalue weighted by Gasteiger charge is 2.05. The van der Waals surface area contributed by atoms with E-state index in [0.29, 0.717) is 0 Å². The van der Waals surface area contributed by atoms with E-state index in [1.165, 1.54) is 16.3 Å². The Bertz CT molecular complexity index is 479. The zero-order chi connectivity index (χ0) is 10.8. The Labute approximate surface area is 97.9 Å². The highest BCUT2D eigenvalue weighted by molar-refractivity contribution is 9.10. The van der Waals surface area contributed by atoms with E-state index >= 15 is 0 Å². The highest BCUT2D eigenvalue weighted by atomic mass is 79.9. The van der Waals surface area contributed by atoms with E-state index in [2.05, 4.69) is 40.2 Å². The molecule has 0 heterocycles. The molecule has 0 amide bonds. The van der Waals surface area contributed by atoms with Crippen LogP contribution in [0.15, 0.2) is 40.9 Å². The molecule has 1 nitrogen and oxygen atoms in total. The van der Waals surface area contributed by atoms with Crippen molar-refractivity contribution < 1.29 is 5.11 Å². The fourth-order valence-electron chi connectivity index (χ4n) is 1.67.